The van der Waals surface area contributed by atoms with Crippen LogP contribution >= 0.6 is 15.9 Å². The van der Waals surface area contributed by atoms with E-state index in [0.717, 1.165) is 28.7 Å². The van der Waals surface area contributed by atoms with Gasteiger partial charge in [0.15, 0.2) is 0 Å². The fraction of sp³-hybridized carbons (Fsp3) is 0.533. The number of likely N-dealkylation sites (tertiary alicyclic amines) is 1. The summed E-state index contributed by atoms with van der Waals surface area (Å²) >= 11 is 3.44. The third kappa shape index (κ3) is 4.32. The summed E-state index contributed by atoms with van der Waals surface area (Å²) in [6.07, 6.45) is 3.93. The molecule has 0 atom stereocenters. The Balaban J connectivity index is 1.78. The maximum atomic E-state index is 12.0. The predicted octanol–water partition coefficient (Wildman–Crippen LogP) is 2.97. The first kappa shape index (κ1) is 14.5. The van der Waals surface area contributed by atoms with Gasteiger partial charge in [-0.2, -0.15) is 0 Å². The Bertz CT molecular complexity index is 442. The fourth-order valence-electron chi connectivity index (χ4n) is 2.40. The van der Waals surface area contributed by atoms with Crippen molar-refractivity contribution in [2.45, 2.75) is 26.2 Å². The summed E-state index contributed by atoms with van der Waals surface area (Å²) < 4.78 is 1.04. The van der Waals surface area contributed by atoms with Gasteiger partial charge in [0.2, 0.25) is 0 Å². The number of carbonyl (C=O) groups is 1. The van der Waals surface area contributed by atoms with Crippen molar-refractivity contribution in [2.24, 2.45) is 0 Å². The molecule has 2 rings (SSSR count). The SMILES string of the molecule is Cc1cc(C(=O)NCCN2CCCCC2)ccc1Br. The largest absolute Gasteiger partial charge is 0.351 e. The monoisotopic (exact) mass is 324 g/mol. The zero-order chi connectivity index (χ0) is 13.7. The van der Waals surface area contributed by atoms with Crippen LogP contribution in [0.5, 0.6) is 0 Å². The molecule has 1 aromatic rings. The smallest absolute Gasteiger partial charge is 0.251 e. The molecule has 1 heterocycles. The Kier molecular flexibility index (Phi) is 5.40. The van der Waals surface area contributed by atoms with Gasteiger partial charge in [-0.3, -0.25) is 4.79 Å². The third-order valence-electron chi connectivity index (χ3n) is 3.58. The molecule has 1 amide bonds. The average Bonchev–Trinajstić information content (AvgIpc) is 2.43. The molecule has 0 aliphatic carbocycles. The van der Waals surface area contributed by atoms with Gasteiger partial charge in [-0.15, -0.1) is 0 Å². The summed E-state index contributed by atoms with van der Waals surface area (Å²) in [6, 6.07) is 5.70. The molecule has 0 spiro atoms. The summed E-state index contributed by atoms with van der Waals surface area (Å²) in [5, 5.41) is 3.00. The van der Waals surface area contributed by atoms with E-state index in [1.165, 1.54) is 32.4 Å². The van der Waals surface area contributed by atoms with Crippen LogP contribution in [0.1, 0.15) is 35.2 Å². The highest BCUT2D eigenvalue weighted by Gasteiger charge is 2.11. The average molecular weight is 325 g/mol. The van der Waals surface area contributed by atoms with Crippen molar-refractivity contribution in [3.05, 3.63) is 33.8 Å². The minimum Gasteiger partial charge on any atom is -0.351 e. The second kappa shape index (κ2) is 7.06. The van der Waals surface area contributed by atoms with Crippen LogP contribution in [-0.4, -0.2) is 37.0 Å². The first-order valence-electron chi connectivity index (χ1n) is 6.93. The molecule has 0 bridgehead atoms. The van der Waals surface area contributed by atoms with E-state index in [9.17, 15) is 4.79 Å². The molecule has 3 nitrogen and oxygen atoms in total. The van der Waals surface area contributed by atoms with E-state index in [2.05, 4.69) is 26.1 Å². The lowest BCUT2D eigenvalue weighted by atomic mass is 10.1. The number of rotatable bonds is 4. The Morgan fingerprint density at radius 1 is 1.32 bits per heavy atom. The molecule has 19 heavy (non-hydrogen) atoms. The van der Waals surface area contributed by atoms with Gasteiger partial charge in [-0.25, -0.2) is 0 Å². The quantitative estimate of drug-likeness (QED) is 0.923. The Hall–Kier alpha value is -0.870. The van der Waals surface area contributed by atoms with Crippen LogP contribution in [0.15, 0.2) is 22.7 Å². The molecule has 1 aromatic carbocycles. The van der Waals surface area contributed by atoms with E-state index in [4.69, 9.17) is 0 Å². The highest BCUT2D eigenvalue weighted by atomic mass is 79.9. The number of carbonyl (C=O) groups excluding carboxylic acids is 1. The molecule has 1 aliphatic heterocycles. The predicted molar refractivity (Wildman–Crippen MR) is 81.5 cm³/mol. The summed E-state index contributed by atoms with van der Waals surface area (Å²) in [4.78, 5) is 14.4. The fourth-order valence-corrected chi connectivity index (χ4v) is 2.65. The summed E-state index contributed by atoms with van der Waals surface area (Å²) in [5.74, 6) is 0.0209. The molecular weight excluding hydrogens is 304 g/mol. The Morgan fingerprint density at radius 2 is 2.05 bits per heavy atom. The van der Waals surface area contributed by atoms with Crippen molar-refractivity contribution in [1.82, 2.24) is 10.2 Å². The van der Waals surface area contributed by atoms with Crippen molar-refractivity contribution >= 4 is 21.8 Å². The maximum absolute atomic E-state index is 12.0. The number of aryl methyl sites for hydroxylation is 1. The molecule has 4 heteroatoms. The molecule has 1 fully saturated rings. The second-order valence-corrected chi connectivity index (χ2v) is 5.98. The minimum absolute atomic E-state index is 0.0209. The van der Waals surface area contributed by atoms with Crippen LogP contribution in [0.2, 0.25) is 0 Å². The van der Waals surface area contributed by atoms with E-state index in [1.807, 2.05) is 25.1 Å². The minimum atomic E-state index is 0.0209. The normalized spacial score (nSPS) is 16.3. The zero-order valence-corrected chi connectivity index (χ0v) is 13.0. The standard InChI is InChI=1S/C15H21BrN2O/c1-12-11-13(5-6-14(12)16)15(19)17-7-10-18-8-3-2-4-9-18/h5-6,11H,2-4,7-10H2,1H3,(H,17,19). The van der Waals surface area contributed by atoms with Gasteiger partial charge >= 0.3 is 0 Å². The summed E-state index contributed by atoms with van der Waals surface area (Å²) in [6.45, 7) is 6.03. The number of nitrogens with one attached hydrogen (secondary N) is 1. The first-order valence-corrected chi connectivity index (χ1v) is 7.73. The number of hydrogen-bond donors (Lipinski definition) is 1. The molecule has 1 saturated heterocycles. The van der Waals surface area contributed by atoms with Crippen LogP contribution in [0.25, 0.3) is 0 Å². The van der Waals surface area contributed by atoms with Gasteiger partial charge in [0.1, 0.15) is 0 Å². The third-order valence-corrected chi connectivity index (χ3v) is 4.47. The van der Waals surface area contributed by atoms with Crippen molar-refractivity contribution < 1.29 is 4.79 Å². The lowest BCUT2D eigenvalue weighted by Gasteiger charge is -2.26. The van der Waals surface area contributed by atoms with E-state index in [-0.39, 0.29) is 5.91 Å². The molecular formula is C15H21BrN2O. The number of halogens is 1. The van der Waals surface area contributed by atoms with Crippen LogP contribution in [0.3, 0.4) is 0 Å². The van der Waals surface area contributed by atoms with E-state index in [0.29, 0.717) is 0 Å². The van der Waals surface area contributed by atoms with Crippen molar-refractivity contribution in [3.8, 4) is 0 Å². The van der Waals surface area contributed by atoms with Crippen molar-refractivity contribution in [1.29, 1.82) is 0 Å². The Morgan fingerprint density at radius 3 is 2.74 bits per heavy atom. The van der Waals surface area contributed by atoms with Crippen LogP contribution < -0.4 is 5.32 Å². The molecule has 104 valence electrons. The van der Waals surface area contributed by atoms with Gasteiger partial charge in [0, 0.05) is 23.1 Å². The molecule has 0 saturated carbocycles. The number of hydrogen-bond acceptors (Lipinski definition) is 2. The number of piperidine rings is 1. The van der Waals surface area contributed by atoms with E-state index < -0.39 is 0 Å². The van der Waals surface area contributed by atoms with Crippen LogP contribution in [0, 0.1) is 6.92 Å². The van der Waals surface area contributed by atoms with Crippen LogP contribution in [-0.2, 0) is 0 Å². The lowest BCUT2D eigenvalue weighted by Crippen LogP contribution is -2.37. The van der Waals surface area contributed by atoms with E-state index >= 15 is 0 Å². The first-order chi connectivity index (χ1) is 9.16. The van der Waals surface area contributed by atoms with E-state index in [1.54, 1.807) is 0 Å². The topological polar surface area (TPSA) is 32.3 Å². The van der Waals surface area contributed by atoms with Gasteiger partial charge in [0.25, 0.3) is 5.91 Å². The van der Waals surface area contributed by atoms with Gasteiger partial charge in [0.05, 0.1) is 0 Å². The summed E-state index contributed by atoms with van der Waals surface area (Å²) in [5.41, 5.74) is 1.82. The van der Waals surface area contributed by atoms with Crippen molar-refractivity contribution in [2.75, 3.05) is 26.2 Å². The molecule has 1 aliphatic rings. The lowest BCUT2D eigenvalue weighted by molar-refractivity contribution is 0.0946. The number of nitrogens with zero attached hydrogens (tertiary/aromatic N) is 1. The van der Waals surface area contributed by atoms with Crippen LogP contribution in [0.4, 0.5) is 0 Å². The molecule has 0 unspecified atom stereocenters. The second-order valence-electron chi connectivity index (χ2n) is 5.12. The van der Waals surface area contributed by atoms with Gasteiger partial charge in [-0.1, -0.05) is 22.4 Å². The molecule has 0 radical (unpaired) electrons. The molecule has 1 N–H and O–H groups in total. The number of amides is 1. The highest BCUT2D eigenvalue weighted by molar-refractivity contribution is 9.10. The maximum Gasteiger partial charge on any atom is 0.251 e. The Labute approximate surface area is 123 Å². The number of benzene rings is 1. The van der Waals surface area contributed by atoms with Crippen molar-refractivity contribution in [3.63, 3.8) is 0 Å². The van der Waals surface area contributed by atoms with Gasteiger partial charge < -0.3 is 10.2 Å². The molecule has 0 aromatic heterocycles. The highest BCUT2D eigenvalue weighted by Crippen LogP contribution is 2.17. The summed E-state index contributed by atoms with van der Waals surface area (Å²) in [7, 11) is 0. The van der Waals surface area contributed by atoms with Gasteiger partial charge in [-0.05, 0) is 56.6 Å². The zero-order valence-electron chi connectivity index (χ0n) is 11.4.